The summed E-state index contributed by atoms with van der Waals surface area (Å²) in [5.41, 5.74) is 0. The van der Waals surface area contributed by atoms with Crippen LogP contribution >= 0.6 is 66.1 Å². The number of hydrogen-bond acceptors (Lipinski definition) is 4. The van der Waals surface area contributed by atoms with E-state index in [-0.39, 0.29) is 4.21 Å². The molecule has 3 nitrogen and oxygen atoms in total. The van der Waals surface area contributed by atoms with Gasteiger partial charge < -0.3 is 0 Å². The molecule has 1 N–H and O–H groups in total. The molecule has 2 aromatic heterocycles. The number of rotatable bonds is 5. The predicted molar refractivity (Wildman–Crippen MR) is 87.9 cm³/mol. The Morgan fingerprint density at radius 2 is 2.00 bits per heavy atom. The molecule has 19 heavy (non-hydrogen) atoms. The molecule has 0 radical (unpaired) electrons. The molecular formula is C10H8Br2ClNO2S3. The van der Waals surface area contributed by atoms with E-state index in [0.717, 1.165) is 20.0 Å². The van der Waals surface area contributed by atoms with Crippen LogP contribution in [-0.2, 0) is 16.4 Å². The highest BCUT2D eigenvalue weighted by Gasteiger charge is 2.18. The van der Waals surface area contributed by atoms with E-state index in [2.05, 4.69) is 36.6 Å². The molecule has 0 amide bonds. The van der Waals surface area contributed by atoms with Crippen molar-refractivity contribution in [3.63, 3.8) is 0 Å². The Balaban J connectivity index is 1.98. The molecule has 0 aliphatic rings. The Morgan fingerprint density at radius 3 is 2.53 bits per heavy atom. The van der Waals surface area contributed by atoms with E-state index in [0.29, 0.717) is 21.8 Å². The van der Waals surface area contributed by atoms with Crippen molar-refractivity contribution in [2.75, 3.05) is 6.54 Å². The Kier molecular flexibility index (Phi) is 5.49. The van der Waals surface area contributed by atoms with Crippen molar-refractivity contribution in [3.8, 4) is 0 Å². The van der Waals surface area contributed by atoms with Gasteiger partial charge in [0.2, 0.25) is 10.0 Å². The average Bonchev–Trinajstić information content (AvgIpc) is 2.87. The van der Waals surface area contributed by atoms with E-state index in [9.17, 15) is 8.42 Å². The smallest absolute Gasteiger partial charge is 0.210 e. The average molecular weight is 466 g/mol. The quantitative estimate of drug-likeness (QED) is 0.706. The van der Waals surface area contributed by atoms with E-state index in [1.807, 2.05) is 12.1 Å². The van der Waals surface area contributed by atoms with Crippen molar-refractivity contribution >= 4 is 76.2 Å². The highest BCUT2D eigenvalue weighted by molar-refractivity contribution is 9.11. The number of halogens is 3. The van der Waals surface area contributed by atoms with Crippen molar-refractivity contribution in [2.45, 2.75) is 10.6 Å². The van der Waals surface area contributed by atoms with Gasteiger partial charge in [0.25, 0.3) is 0 Å². The van der Waals surface area contributed by atoms with Gasteiger partial charge in [0, 0.05) is 11.4 Å². The summed E-state index contributed by atoms with van der Waals surface area (Å²) in [5, 5.41) is 0.410. The Bertz CT molecular complexity index is 661. The lowest BCUT2D eigenvalue weighted by Gasteiger charge is -2.03. The molecule has 2 rings (SSSR count). The van der Waals surface area contributed by atoms with Gasteiger partial charge in [-0.15, -0.1) is 22.7 Å². The summed E-state index contributed by atoms with van der Waals surface area (Å²) in [6, 6.07) is 5.37. The lowest BCUT2D eigenvalue weighted by Crippen LogP contribution is -2.25. The van der Waals surface area contributed by atoms with Crippen molar-refractivity contribution < 1.29 is 8.42 Å². The van der Waals surface area contributed by atoms with E-state index >= 15 is 0 Å². The summed E-state index contributed by atoms with van der Waals surface area (Å²) in [7, 11) is -3.48. The van der Waals surface area contributed by atoms with Gasteiger partial charge in [-0.25, -0.2) is 13.1 Å². The van der Waals surface area contributed by atoms with Gasteiger partial charge in [-0.3, -0.25) is 0 Å². The van der Waals surface area contributed by atoms with Crippen molar-refractivity contribution in [1.29, 1.82) is 0 Å². The molecule has 0 aromatic carbocycles. The zero-order valence-corrected chi connectivity index (χ0v) is 15.7. The summed E-state index contributed by atoms with van der Waals surface area (Å²) >= 11 is 15.1. The third-order valence-corrected chi connectivity index (χ3v) is 8.27. The van der Waals surface area contributed by atoms with Crippen LogP contribution in [-0.4, -0.2) is 15.0 Å². The molecule has 0 bridgehead atoms. The molecule has 0 atom stereocenters. The molecule has 2 heterocycles. The second kappa shape index (κ2) is 6.55. The van der Waals surface area contributed by atoms with Crippen LogP contribution in [0.2, 0.25) is 5.02 Å². The van der Waals surface area contributed by atoms with Gasteiger partial charge >= 0.3 is 0 Å². The lowest BCUT2D eigenvalue weighted by atomic mass is 10.3. The van der Waals surface area contributed by atoms with E-state index < -0.39 is 10.0 Å². The molecule has 0 aliphatic carbocycles. The highest BCUT2D eigenvalue weighted by atomic mass is 79.9. The van der Waals surface area contributed by atoms with Crippen LogP contribution < -0.4 is 4.72 Å². The van der Waals surface area contributed by atoms with E-state index in [4.69, 9.17) is 11.6 Å². The van der Waals surface area contributed by atoms with Crippen LogP contribution in [0, 0.1) is 0 Å². The molecule has 0 aliphatic heterocycles. The Hall–Kier alpha value is 0.560. The van der Waals surface area contributed by atoms with Crippen LogP contribution in [0.5, 0.6) is 0 Å². The maximum Gasteiger partial charge on any atom is 0.250 e. The predicted octanol–water partition coefficient (Wildman–Crippen LogP) is 4.51. The largest absolute Gasteiger partial charge is 0.250 e. The zero-order chi connectivity index (χ0) is 14.0. The maximum absolute atomic E-state index is 12.0. The molecule has 0 fully saturated rings. The van der Waals surface area contributed by atoms with Gasteiger partial charge in [0.05, 0.1) is 12.6 Å². The number of hydrogen-bond donors (Lipinski definition) is 1. The first-order chi connectivity index (χ1) is 8.88. The first kappa shape index (κ1) is 15.9. The van der Waals surface area contributed by atoms with Crippen LogP contribution in [0.3, 0.4) is 0 Å². The normalized spacial score (nSPS) is 11.9. The van der Waals surface area contributed by atoms with Gasteiger partial charge in [-0.1, -0.05) is 11.6 Å². The summed E-state index contributed by atoms with van der Waals surface area (Å²) in [6.07, 6.45) is 0.662. The minimum Gasteiger partial charge on any atom is -0.210 e. The van der Waals surface area contributed by atoms with Crippen LogP contribution in [0.1, 0.15) is 4.88 Å². The molecule has 2 aromatic rings. The minimum atomic E-state index is -3.48. The van der Waals surface area contributed by atoms with Gasteiger partial charge in [-0.05, 0) is 56.5 Å². The minimum absolute atomic E-state index is 0.219. The van der Waals surface area contributed by atoms with E-state index in [1.54, 1.807) is 11.3 Å². The molecule has 0 saturated carbocycles. The van der Waals surface area contributed by atoms with Gasteiger partial charge in [0.15, 0.2) is 0 Å². The van der Waals surface area contributed by atoms with Crippen LogP contribution in [0.15, 0.2) is 30.0 Å². The maximum atomic E-state index is 12.0. The fraction of sp³-hybridized carbons (Fsp3) is 0.200. The first-order valence-corrected chi connectivity index (χ1v) is 10.2. The van der Waals surface area contributed by atoms with Gasteiger partial charge in [-0.2, -0.15) is 0 Å². The van der Waals surface area contributed by atoms with Gasteiger partial charge in [0.1, 0.15) is 4.21 Å². The molecule has 0 saturated heterocycles. The summed E-state index contributed by atoms with van der Waals surface area (Å²) in [4.78, 5) is 1.12. The van der Waals surface area contributed by atoms with Crippen molar-refractivity contribution in [1.82, 2.24) is 4.72 Å². The Labute approximate surface area is 141 Å². The number of sulfonamides is 1. The zero-order valence-electron chi connectivity index (χ0n) is 9.32. The fourth-order valence-electron chi connectivity index (χ4n) is 1.32. The second-order valence-electron chi connectivity index (χ2n) is 3.54. The second-order valence-corrected chi connectivity index (χ2v) is 10.9. The SMILES string of the molecule is O=S(=O)(NCCc1ccc(Br)s1)c1cc(Cl)c(Br)s1. The topological polar surface area (TPSA) is 46.2 Å². The summed E-state index contributed by atoms with van der Waals surface area (Å²) in [5.74, 6) is 0. The van der Waals surface area contributed by atoms with Crippen LogP contribution in [0.4, 0.5) is 0 Å². The monoisotopic (exact) mass is 463 g/mol. The van der Waals surface area contributed by atoms with Crippen molar-refractivity contribution in [3.05, 3.63) is 35.7 Å². The number of thiophene rings is 2. The summed E-state index contributed by atoms with van der Waals surface area (Å²) in [6.45, 7) is 0.364. The lowest BCUT2D eigenvalue weighted by molar-refractivity contribution is 0.584. The molecule has 104 valence electrons. The standard InChI is InChI=1S/C10H8Br2ClNO2S3/c11-8-2-1-6(17-8)3-4-14-19(15,16)9-5-7(13)10(12)18-9/h1-2,5,14H,3-4H2. The first-order valence-electron chi connectivity index (χ1n) is 5.07. The molecule has 0 unspecified atom stereocenters. The van der Waals surface area contributed by atoms with Crippen LogP contribution in [0.25, 0.3) is 0 Å². The summed E-state index contributed by atoms with van der Waals surface area (Å²) < 4.78 is 28.5. The highest BCUT2D eigenvalue weighted by Crippen LogP contribution is 2.34. The number of nitrogens with one attached hydrogen (secondary N) is 1. The van der Waals surface area contributed by atoms with E-state index in [1.165, 1.54) is 6.07 Å². The fourth-order valence-corrected chi connectivity index (χ4v) is 6.28. The Morgan fingerprint density at radius 1 is 1.26 bits per heavy atom. The molecule has 9 heteroatoms. The third-order valence-electron chi connectivity index (χ3n) is 2.18. The molecule has 0 spiro atoms. The molecular weight excluding hydrogens is 458 g/mol. The van der Waals surface area contributed by atoms with Crippen molar-refractivity contribution in [2.24, 2.45) is 0 Å². The third kappa shape index (κ3) is 4.26.